The van der Waals surface area contributed by atoms with E-state index >= 15 is 0 Å². The molecule has 3 rings (SSSR count). The van der Waals surface area contributed by atoms with Gasteiger partial charge in [-0.2, -0.15) is 0 Å². The summed E-state index contributed by atoms with van der Waals surface area (Å²) in [6.45, 7) is 7.44. The average molecular weight is 302 g/mol. The van der Waals surface area contributed by atoms with Gasteiger partial charge in [0.1, 0.15) is 0 Å². The minimum atomic E-state index is 0.106. The van der Waals surface area contributed by atoms with Crippen LogP contribution in [-0.2, 0) is 6.42 Å². The number of hydrogen-bond acceptors (Lipinski definition) is 2. The molecule has 1 saturated carbocycles. The molecular formula is C20H30O2. The number of aliphatic hydroxyl groups excluding tert-OH is 1. The van der Waals surface area contributed by atoms with E-state index in [2.05, 4.69) is 26.8 Å². The summed E-state index contributed by atoms with van der Waals surface area (Å²) < 4.78 is 5.21. The average Bonchev–Trinajstić information content (AvgIpc) is 2.99. The van der Waals surface area contributed by atoms with Crippen LogP contribution in [0.2, 0.25) is 0 Å². The number of fused-ring (bicyclic) bond motifs is 1. The van der Waals surface area contributed by atoms with Gasteiger partial charge in [-0.15, -0.1) is 0 Å². The zero-order valence-electron chi connectivity index (χ0n) is 14.3. The summed E-state index contributed by atoms with van der Waals surface area (Å²) in [5.41, 5.74) is 4.96. The Morgan fingerprint density at radius 3 is 2.77 bits per heavy atom. The lowest BCUT2D eigenvalue weighted by Gasteiger charge is -2.56. The Kier molecular flexibility index (Phi) is 4.24. The molecule has 0 amide bonds. The molecule has 1 N–H and O–H groups in total. The summed E-state index contributed by atoms with van der Waals surface area (Å²) in [6, 6.07) is 2.08. The van der Waals surface area contributed by atoms with E-state index in [1.807, 2.05) is 6.26 Å². The maximum absolute atomic E-state index is 10.0. The number of hydrogen-bond donors (Lipinski definition) is 1. The zero-order chi connectivity index (χ0) is 15.8. The van der Waals surface area contributed by atoms with Crippen LogP contribution in [-0.4, -0.2) is 11.7 Å². The summed E-state index contributed by atoms with van der Waals surface area (Å²) in [5, 5.41) is 10.0. The molecule has 0 bridgehead atoms. The summed E-state index contributed by atoms with van der Waals surface area (Å²) in [4.78, 5) is 0. The highest BCUT2D eigenvalue weighted by Crippen LogP contribution is 2.60. The van der Waals surface area contributed by atoms with Crippen LogP contribution in [0, 0.1) is 16.7 Å². The van der Waals surface area contributed by atoms with Crippen molar-refractivity contribution in [2.24, 2.45) is 16.7 Å². The third kappa shape index (κ3) is 2.56. The molecule has 0 aromatic carbocycles. The molecule has 2 aliphatic rings. The Bertz CT molecular complexity index is 542. The van der Waals surface area contributed by atoms with Crippen LogP contribution >= 0.6 is 0 Å². The second kappa shape index (κ2) is 5.88. The van der Waals surface area contributed by atoms with Crippen LogP contribution in [0.1, 0.15) is 64.9 Å². The van der Waals surface area contributed by atoms with Gasteiger partial charge in [0.2, 0.25) is 0 Å². The van der Waals surface area contributed by atoms with Gasteiger partial charge < -0.3 is 9.52 Å². The Labute approximate surface area is 134 Å². The van der Waals surface area contributed by atoms with Gasteiger partial charge in [0.05, 0.1) is 12.5 Å². The van der Waals surface area contributed by atoms with Crippen LogP contribution in [0.3, 0.4) is 0 Å². The van der Waals surface area contributed by atoms with Crippen LogP contribution in [0.15, 0.2) is 34.2 Å². The molecule has 2 aliphatic carbocycles. The fourth-order valence-corrected chi connectivity index (χ4v) is 5.40. The molecule has 0 aliphatic heterocycles. The van der Waals surface area contributed by atoms with E-state index in [4.69, 9.17) is 4.42 Å². The van der Waals surface area contributed by atoms with Crippen LogP contribution in [0.25, 0.3) is 0 Å². The van der Waals surface area contributed by atoms with E-state index in [9.17, 15) is 5.11 Å². The van der Waals surface area contributed by atoms with Gasteiger partial charge in [0, 0.05) is 6.61 Å². The van der Waals surface area contributed by atoms with Gasteiger partial charge in [-0.3, -0.25) is 0 Å². The van der Waals surface area contributed by atoms with Crippen molar-refractivity contribution < 1.29 is 9.52 Å². The molecule has 22 heavy (non-hydrogen) atoms. The molecule has 1 fully saturated rings. The quantitative estimate of drug-likeness (QED) is 0.782. The highest BCUT2D eigenvalue weighted by molar-refractivity contribution is 5.28. The minimum Gasteiger partial charge on any atom is -0.472 e. The number of aliphatic hydroxyl groups is 1. The predicted molar refractivity (Wildman–Crippen MR) is 89.6 cm³/mol. The van der Waals surface area contributed by atoms with Gasteiger partial charge in [-0.25, -0.2) is 0 Å². The molecule has 0 unspecified atom stereocenters. The van der Waals surface area contributed by atoms with Crippen molar-refractivity contribution >= 4 is 0 Å². The smallest absolute Gasteiger partial charge is 0.0934 e. The van der Waals surface area contributed by atoms with Crippen molar-refractivity contribution in [1.82, 2.24) is 0 Å². The zero-order valence-corrected chi connectivity index (χ0v) is 14.3. The van der Waals surface area contributed by atoms with Gasteiger partial charge in [0.15, 0.2) is 0 Å². The lowest BCUT2D eigenvalue weighted by atomic mass is 9.49. The number of aryl methyl sites for hydroxylation is 1. The highest BCUT2D eigenvalue weighted by Gasteiger charge is 2.51. The van der Waals surface area contributed by atoms with Crippen molar-refractivity contribution in [1.29, 1.82) is 0 Å². The first kappa shape index (κ1) is 15.9. The molecule has 0 spiro atoms. The van der Waals surface area contributed by atoms with Gasteiger partial charge >= 0.3 is 0 Å². The maximum atomic E-state index is 10.0. The topological polar surface area (TPSA) is 33.4 Å². The van der Waals surface area contributed by atoms with E-state index in [1.54, 1.807) is 17.4 Å². The molecular weight excluding hydrogens is 272 g/mol. The Balaban J connectivity index is 1.87. The maximum Gasteiger partial charge on any atom is 0.0934 e. The normalized spacial score (nSPS) is 35.5. The largest absolute Gasteiger partial charge is 0.472 e. The summed E-state index contributed by atoms with van der Waals surface area (Å²) in [7, 11) is 0. The molecule has 0 saturated heterocycles. The first-order chi connectivity index (χ1) is 10.5. The molecule has 1 heterocycles. The first-order valence-electron chi connectivity index (χ1n) is 8.81. The molecule has 1 aromatic rings. The number of allylic oxidation sites excluding steroid dienone is 2. The molecule has 2 heteroatoms. The summed E-state index contributed by atoms with van der Waals surface area (Å²) >= 11 is 0. The Hall–Kier alpha value is -1.02. The summed E-state index contributed by atoms with van der Waals surface area (Å²) in [5.74, 6) is 0.627. The lowest BCUT2D eigenvalue weighted by Crippen LogP contribution is -2.48. The van der Waals surface area contributed by atoms with Crippen LogP contribution in [0.4, 0.5) is 0 Å². The van der Waals surface area contributed by atoms with E-state index in [1.165, 1.54) is 37.7 Å². The van der Waals surface area contributed by atoms with Crippen molar-refractivity contribution in [3.63, 3.8) is 0 Å². The first-order valence-corrected chi connectivity index (χ1v) is 8.81. The Morgan fingerprint density at radius 1 is 1.27 bits per heavy atom. The third-order valence-corrected chi connectivity index (χ3v) is 6.67. The second-order valence-corrected chi connectivity index (χ2v) is 8.06. The molecule has 0 radical (unpaired) electrons. The van der Waals surface area contributed by atoms with E-state index < -0.39 is 0 Å². The molecule has 2 nitrogen and oxygen atoms in total. The molecule has 1 aromatic heterocycles. The number of rotatable bonds is 4. The Morgan fingerprint density at radius 2 is 2.09 bits per heavy atom. The van der Waals surface area contributed by atoms with Crippen molar-refractivity contribution in [2.75, 3.05) is 6.61 Å². The fourth-order valence-electron chi connectivity index (χ4n) is 5.40. The van der Waals surface area contributed by atoms with Crippen molar-refractivity contribution in [3.8, 4) is 0 Å². The standard InChI is InChI=1S/C20H30O2/c1-15-5-8-18-19(2,14-21)10-4-11-20(18,3)17(15)7-6-16-9-12-22-13-16/h9,12-13,18,21H,4-8,10-11,14H2,1-3H3/t18-,19+,20+/m0/s1. The lowest BCUT2D eigenvalue weighted by molar-refractivity contribution is -0.0388. The second-order valence-electron chi connectivity index (χ2n) is 8.06. The van der Waals surface area contributed by atoms with Gasteiger partial charge in [0.25, 0.3) is 0 Å². The molecule has 3 atom stereocenters. The van der Waals surface area contributed by atoms with Crippen molar-refractivity contribution in [2.45, 2.75) is 65.7 Å². The SMILES string of the molecule is CC1=C(CCc2ccoc2)[C@@]2(C)CCC[C@](C)(CO)[C@@H]2CC1. The predicted octanol–water partition coefficient (Wildman–Crippen LogP) is 5.13. The molecule has 122 valence electrons. The number of furan rings is 1. The van der Waals surface area contributed by atoms with E-state index in [-0.39, 0.29) is 10.8 Å². The van der Waals surface area contributed by atoms with E-state index in [0.29, 0.717) is 12.5 Å². The van der Waals surface area contributed by atoms with E-state index in [0.717, 1.165) is 12.8 Å². The van der Waals surface area contributed by atoms with Gasteiger partial charge in [-0.05, 0) is 73.8 Å². The monoisotopic (exact) mass is 302 g/mol. The van der Waals surface area contributed by atoms with Gasteiger partial charge in [-0.1, -0.05) is 31.4 Å². The third-order valence-electron chi connectivity index (χ3n) is 6.67. The fraction of sp³-hybridized carbons (Fsp3) is 0.700. The summed E-state index contributed by atoms with van der Waals surface area (Å²) in [6.07, 6.45) is 12.0. The van der Waals surface area contributed by atoms with Crippen molar-refractivity contribution in [3.05, 3.63) is 35.3 Å². The minimum absolute atomic E-state index is 0.106. The van der Waals surface area contributed by atoms with Crippen LogP contribution in [0.5, 0.6) is 0 Å². The highest BCUT2D eigenvalue weighted by atomic mass is 16.3. The van der Waals surface area contributed by atoms with Crippen LogP contribution < -0.4 is 0 Å².